The molecule has 0 atom stereocenters. The molecule has 0 amide bonds. The molecule has 1 aromatic heterocycles. The van der Waals surface area contributed by atoms with Crippen LogP contribution in [0.4, 0.5) is 0 Å². The highest BCUT2D eigenvalue weighted by atomic mass is 15.3. The molecule has 2 aromatic rings. The van der Waals surface area contributed by atoms with Crippen LogP contribution in [-0.4, -0.2) is 28.8 Å². The molecule has 24 heavy (non-hydrogen) atoms. The van der Waals surface area contributed by atoms with Crippen molar-refractivity contribution in [1.29, 1.82) is 0 Å². The van der Waals surface area contributed by atoms with Gasteiger partial charge < -0.3 is 10.6 Å². The predicted molar refractivity (Wildman–Crippen MR) is 100 cm³/mol. The van der Waals surface area contributed by atoms with Crippen molar-refractivity contribution in [3.63, 3.8) is 0 Å². The summed E-state index contributed by atoms with van der Waals surface area (Å²) in [5, 5.41) is 11.0. The van der Waals surface area contributed by atoms with Gasteiger partial charge in [-0.1, -0.05) is 44.0 Å². The van der Waals surface area contributed by atoms with Crippen LogP contribution in [0.25, 0.3) is 0 Å². The highest BCUT2D eigenvalue weighted by molar-refractivity contribution is 5.79. The van der Waals surface area contributed by atoms with Gasteiger partial charge in [-0.15, -0.1) is 0 Å². The number of benzene rings is 1. The molecule has 0 spiro atoms. The zero-order valence-electron chi connectivity index (χ0n) is 14.8. The number of nitrogens with zero attached hydrogens (tertiary/aromatic N) is 3. The maximum atomic E-state index is 4.74. The maximum Gasteiger partial charge on any atom is 0.191 e. The molecule has 2 N–H and O–H groups in total. The second kappa shape index (κ2) is 10.5. The first-order valence-electron chi connectivity index (χ1n) is 8.89. The highest BCUT2D eigenvalue weighted by Gasteiger charge is 2.03. The van der Waals surface area contributed by atoms with Crippen LogP contribution in [0.2, 0.25) is 0 Å². The Balaban J connectivity index is 1.99. The summed E-state index contributed by atoms with van der Waals surface area (Å²) < 4.78 is 1.94. The summed E-state index contributed by atoms with van der Waals surface area (Å²) in [4.78, 5) is 4.74. The Labute approximate surface area is 145 Å². The van der Waals surface area contributed by atoms with Crippen molar-refractivity contribution in [1.82, 2.24) is 20.4 Å². The van der Waals surface area contributed by atoms with E-state index in [4.69, 9.17) is 4.99 Å². The quantitative estimate of drug-likeness (QED) is 0.422. The van der Waals surface area contributed by atoms with Gasteiger partial charge in [-0.3, -0.25) is 4.68 Å². The van der Waals surface area contributed by atoms with E-state index < -0.39 is 0 Å². The molecule has 2 rings (SSSR count). The molecule has 0 radical (unpaired) electrons. The normalized spacial score (nSPS) is 11.5. The van der Waals surface area contributed by atoms with E-state index in [2.05, 4.69) is 53.8 Å². The second-order valence-corrected chi connectivity index (χ2v) is 5.80. The molecule has 5 heteroatoms. The summed E-state index contributed by atoms with van der Waals surface area (Å²) in [7, 11) is 0. The minimum atomic E-state index is 0.667. The minimum absolute atomic E-state index is 0.667. The highest BCUT2D eigenvalue weighted by Crippen LogP contribution is 2.11. The summed E-state index contributed by atoms with van der Waals surface area (Å²) >= 11 is 0. The number of hydrogen-bond donors (Lipinski definition) is 2. The number of nitrogens with one attached hydrogen (secondary N) is 2. The summed E-state index contributed by atoms with van der Waals surface area (Å²) in [6.45, 7) is 7.59. The lowest BCUT2D eigenvalue weighted by atomic mass is 10.1. The topological polar surface area (TPSA) is 54.2 Å². The summed E-state index contributed by atoms with van der Waals surface area (Å²) in [6.07, 6.45) is 7.45. The van der Waals surface area contributed by atoms with E-state index in [1.54, 1.807) is 0 Å². The van der Waals surface area contributed by atoms with Crippen molar-refractivity contribution >= 4 is 5.96 Å². The number of rotatable bonds is 9. The van der Waals surface area contributed by atoms with E-state index in [0.717, 1.165) is 25.6 Å². The van der Waals surface area contributed by atoms with Gasteiger partial charge in [0.15, 0.2) is 5.96 Å². The fraction of sp³-hybridized carbons (Fsp3) is 0.474. The Morgan fingerprint density at radius 2 is 1.92 bits per heavy atom. The Morgan fingerprint density at radius 3 is 2.62 bits per heavy atom. The molecule has 0 bridgehead atoms. The third-order valence-electron chi connectivity index (χ3n) is 3.83. The SMILES string of the molecule is CCCCCNC(=NCc1ccccc1Cn1cccn1)NCC. The van der Waals surface area contributed by atoms with Crippen LogP contribution in [0.1, 0.15) is 44.2 Å². The van der Waals surface area contributed by atoms with Gasteiger partial charge in [0.25, 0.3) is 0 Å². The molecular weight excluding hydrogens is 298 g/mol. The third-order valence-corrected chi connectivity index (χ3v) is 3.83. The van der Waals surface area contributed by atoms with Crippen molar-refractivity contribution in [3.05, 3.63) is 53.9 Å². The van der Waals surface area contributed by atoms with E-state index in [1.165, 1.54) is 30.4 Å². The van der Waals surface area contributed by atoms with Gasteiger partial charge in [0.1, 0.15) is 0 Å². The molecule has 5 nitrogen and oxygen atoms in total. The maximum absolute atomic E-state index is 4.74. The standard InChI is InChI=1S/C19H29N5/c1-3-5-8-12-21-19(20-4-2)22-15-17-10-6-7-11-18(17)16-24-14-9-13-23-24/h6-7,9-11,13-14H,3-5,8,12,15-16H2,1-2H3,(H2,20,21,22). The van der Waals surface area contributed by atoms with Crippen molar-refractivity contribution < 1.29 is 0 Å². The zero-order chi connectivity index (χ0) is 17.0. The molecular formula is C19H29N5. The largest absolute Gasteiger partial charge is 0.357 e. The smallest absolute Gasteiger partial charge is 0.191 e. The Hall–Kier alpha value is -2.30. The van der Waals surface area contributed by atoms with Crippen LogP contribution in [0.15, 0.2) is 47.7 Å². The zero-order valence-corrected chi connectivity index (χ0v) is 14.8. The molecule has 1 aromatic carbocycles. The van der Waals surface area contributed by atoms with E-state index >= 15 is 0 Å². The molecule has 0 aliphatic carbocycles. The van der Waals surface area contributed by atoms with Crippen molar-refractivity contribution in [2.24, 2.45) is 4.99 Å². The van der Waals surface area contributed by atoms with Gasteiger partial charge in [0.2, 0.25) is 0 Å². The van der Waals surface area contributed by atoms with Gasteiger partial charge in [-0.2, -0.15) is 5.10 Å². The molecule has 1 heterocycles. The van der Waals surface area contributed by atoms with Crippen LogP contribution in [0.5, 0.6) is 0 Å². The monoisotopic (exact) mass is 327 g/mol. The number of aromatic nitrogens is 2. The third kappa shape index (κ3) is 6.07. The molecule has 0 aliphatic rings. The van der Waals surface area contributed by atoms with E-state index in [-0.39, 0.29) is 0 Å². The average Bonchev–Trinajstić information content (AvgIpc) is 3.10. The second-order valence-electron chi connectivity index (χ2n) is 5.80. The molecule has 0 fully saturated rings. The van der Waals surface area contributed by atoms with Gasteiger partial charge in [-0.05, 0) is 30.5 Å². The van der Waals surface area contributed by atoms with E-state index in [9.17, 15) is 0 Å². The van der Waals surface area contributed by atoms with Gasteiger partial charge in [0.05, 0.1) is 13.1 Å². The van der Waals surface area contributed by atoms with Crippen molar-refractivity contribution in [2.75, 3.05) is 13.1 Å². The van der Waals surface area contributed by atoms with Crippen LogP contribution in [-0.2, 0) is 13.1 Å². The Kier molecular flexibility index (Phi) is 7.87. The Bertz CT molecular complexity index is 604. The van der Waals surface area contributed by atoms with Gasteiger partial charge in [-0.25, -0.2) is 4.99 Å². The summed E-state index contributed by atoms with van der Waals surface area (Å²) in [5.41, 5.74) is 2.49. The van der Waals surface area contributed by atoms with Crippen molar-refractivity contribution in [2.45, 2.75) is 46.2 Å². The number of hydrogen-bond acceptors (Lipinski definition) is 2. The van der Waals surface area contributed by atoms with Gasteiger partial charge >= 0.3 is 0 Å². The molecule has 0 saturated carbocycles. The lowest BCUT2D eigenvalue weighted by molar-refractivity contribution is 0.677. The van der Waals surface area contributed by atoms with E-state index in [1.807, 2.05) is 23.1 Å². The molecule has 0 saturated heterocycles. The minimum Gasteiger partial charge on any atom is -0.357 e. The summed E-state index contributed by atoms with van der Waals surface area (Å²) in [6, 6.07) is 10.4. The van der Waals surface area contributed by atoms with Crippen LogP contribution in [0, 0.1) is 0 Å². The van der Waals surface area contributed by atoms with Crippen molar-refractivity contribution in [3.8, 4) is 0 Å². The number of guanidine groups is 1. The molecule has 0 unspecified atom stereocenters. The van der Waals surface area contributed by atoms with Crippen LogP contribution < -0.4 is 10.6 Å². The fourth-order valence-electron chi connectivity index (χ4n) is 2.52. The summed E-state index contributed by atoms with van der Waals surface area (Å²) in [5.74, 6) is 0.891. The lowest BCUT2D eigenvalue weighted by Crippen LogP contribution is -2.37. The first-order chi connectivity index (χ1) is 11.8. The fourth-order valence-corrected chi connectivity index (χ4v) is 2.52. The lowest BCUT2D eigenvalue weighted by Gasteiger charge is -2.12. The van der Waals surface area contributed by atoms with Crippen LogP contribution in [0.3, 0.4) is 0 Å². The average molecular weight is 327 g/mol. The first kappa shape index (κ1) is 18.0. The van der Waals surface area contributed by atoms with Gasteiger partial charge in [0, 0.05) is 25.5 Å². The number of aliphatic imine (C=N–C) groups is 1. The van der Waals surface area contributed by atoms with E-state index in [0.29, 0.717) is 6.54 Å². The van der Waals surface area contributed by atoms with Crippen LogP contribution >= 0.6 is 0 Å². The molecule has 130 valence electrons. The Morgan fingerprint density at radius 1 is 1.08 bits per heavy atom. The molecule has 0 aliphatic heterocycles. The number of unbranched alkanes of at least 4 members (excludes halogenated alkanes) is 2. The first-order valence-corrected chi connectivity index (χ1v) is 8.89. The predicted octanol–water partition coefficient (Wildman–Crippen LogP) is 3.18.